The zero-order valence-corrected chi connectivity index (χ0v) is 20.5. The van der Waals surface area contributed by atoms with Crippen molar-refractivity contribution in [3.8, 4) is 5.75 Å². The van der Waals surface area contributed by atoms with E-state index >= 15 is 0 Å². The Morgan fingerprint density at radius 1 is 1.03 bits per heavy atom. The van der Waals surface area contributed by atoms with Crippen LogP contribution in [0.1, 0.15) is 16.1 Å². The average molecular weight is 518 g/mol. The van der Waals surface area contributed by atoms with Gasteiger partial charge in [0.2, 0.25) is 15.8 Å². The number of carbonyl (C=O) groups is 1. The molecule has 0 bridgehead atoms. The summed E-state index contributed by atoms with van der Waals surface area (Å²) < 4.78 is 55.5. The molecule has 0 atom stereocenters. The van der Waals surface area contributed by atoms with E-state index in [0.29, 0.717) is 24.9 Å². The number of hydrogen-bond acceptors (Lipinski definition) is 8. The second-order valence-electron chi connectivity index (χ2n) is 8.13. The lowest BCUT2D eigenvalue weighted by molar-refractivity contribution is 0.0742. The first-order valence-electron chi connectivity index (χ1n) is 11.1. The molecule has 36 heavy (non-hydrogen) atoms. The molecule has 1 saturated heterocycles. The Balaban J connectivity index is 1.46. The number of amides is 1. The van der Waals surface area contributed by atoms with Gasteiger partial charge in [-0.05, 0) is 43.3 Å². The van der Waals surface area contributed by atoms with Gasteiger partial charge >= 0.3 is 5.76 Å². The molecule has 1 fully saturated rings. The van der Waals surface area contributed by atoms with E-state index in [1.54, 1.807) is 7.11 Å². The third-order valence-corrected chi connectivity index (χ3v) is 7.15. The number of aromatic nitrogens is 2. The molecule has 190 valence electrons. The fourth-order valence-electron chi connectivity index (χ4n) is 3.85. The standard InChI is InChI=1S/C24H25F2N5O4S/c1-16-15-21(28-17-7-9-18(35-2)10-8-17)29-24(27-16)31-13-11-30(12-14-31)22(32)19-5-3-4-6-20(19)36(33,34)23(25)26/h3-10,15,23H,11-14H2,1-2H3,(H,27,28,29). The van der Waals surface area contributed by atoms with Crippen LogP contribution in [0.5, 0.6) is 5.75 Å². The van der Waals surface area contributed by atoms with Crippen molar-refractivity contribution in [1.82, 2.24) is 14.9 Å². The van der Waals surface area contributed by atoms with E-state index in [1.165, 1.54) is 23.1 Å². The molecular weight excluding hydrogens is 492 g/mol. The highest BCUT2D eigenvalue weighted by Crippen LogP contribution is 2.25. The van der Waals surface area contributed by atoms with E-state index in [9.17, 15) is 22.0 Å². The average Bonchev–Trinajstić information content (AvgIpc) is 2.88. The summed E-state index contributed by atoms with van der Waals surface area (Å²) in [6.45, 7) is 3.13. The third kappa shape index (κ3) is 5.38. The summed E-state index contributed by atoms with van der Waals surface area (Å²) in [5, 5.41) is 3.24. The maximum atomic E-state index is 13.1. The number of rotatable bonds is 7. The van der Waals surface area contributed by atoms with Gasteiger partial charge in [0.1, 0.15) is 11.6 Å². The van der Waals surface area contributed by atoms with Gasteiger partial charge in [0, 0.05) is 43.6 Å². The number of aryl methyl sites for hydroxylation is 1. The predicted molar refractivity (Wildman–Crippen MR) is 131 cm³/mol. The molecule has 12 heteroatoms. The van der Waals surface area contributed by atoms with E-state index in [4.69, 9.17) is 4.74 Å². The van der Waals surface area contributed by atoms with Crippen LogP contribution in [-0.4, -0.2) is 68.2 Å². The Hall–Kier alpha value is -3.80. The molecule has 1 N–H and O–H groups in total. The fourth-order valence-corrected chi connectivity index (χ4v) is 4.77. The number of piperazine rings is 1. The predicted octanol–water partition coefficient (Wildman–Crippen LogP) is 3.50. The molecule has 0 saturated carbocycles. The zero-order chi connectivity index (χ0) is 25.9. The molecule has 0 aliphatic carbocycles. The molecule has 0 spiro atoms. The first-order valence-corrected chi connectivity index (χ1v) is 12.7. The lowest BCUT2D eigenvalue weighted by atomic mass is 10.2. The van der Waals surface area contributed by atoms with E-state index in [1.807, 2.05) is 42.2 Å². The van der Waals surface area contributed by atoms with E-state index in [0.717, 1.165) is 23.2 Å². The van der Waals surface area contributed by atoms with Crippen molar-refractivity contribution in [1.29, 1.82) is 0 Å². The maximum absolute atomic E-state index is 13.1. The molecule has 4 rings (SSSR count). The SMILES string of the molecule is COc1ccc(Nc2cc(C)nc(N3CCN(C(=O)c4ccccc4S(=O)(=O)C(F)F)CC3)n2)cc1. The number of halogens is 2. The van der Waals surface area contributed by atoms with Crippen molar-refractivity contribution >= 4 is 33.2 Å². The maximum Gasteiger partial charge on any atom is 0.341 e. The quantitative estimate of drug-likeness (QED) is 0.508. The zero-order valence-electron chi connectivity index (χ0n) is 19.7. The van der Waals surface area contributed by atoms with Crippen LogP contribution < -0.4 is 15.0 Å². The number of ether oxygens (including phenoxy) is 1. The van der Waals surface area contributed by atoms with Crippen molar-refractivity contribution in [3.05, 3.63) is 65.9 Å². The number of alkyl halides is 2. The van der Waals surface area contributed by atoms with E-state index in [2.05, 4.69) is 15.3 Å². The number of carbonyl (C=O) groups excluding carboxylic acids is 1. The highest BCUT2D eigenvalue weighted by atomic mass is 32.2. The van der Waals surface area contributed by atoms with Gasteiger partial charge in [0.15, 0.2) is 0 Å². The molecule has 1 aliphatic heterocycles. The lowest BCUT2D eigenvalue weighted by Crippen LogP contribution is -2.49. The molecule has 3 aromatic rings. The molecule has 2 aromatic carbocycles. The topological polar surface area (TPSA) is 105 Å². The van der Waals surface area contributed by atoms with Crippen LogP contribution in [0.4, 0.5) is 26.2 Å². The summed E-state index contributed by atoms with van der Waals surface area (Å²) in [6, 6.07) is 14.3. The summed E-state index contributed by atoms with van der Waals surface area (Å²) in [4.78, 5) is 24.8. The second kappa shape index (κ2) is 10.4. The van der Waals surface area contributed by atoms with E-state index in [-0.39, 0.29) is 18.7 Å². The van der Waals surface area contributed by atoms with Crippen molar-refractivity contribution in [2.24, 2.45) is 0 Å². The monoisotopic (exact) mass is 517 g/mol. The Bertz CT molecular complexity index is 1340. The lowest BCUT2D eigenvalue weighted by Gasteiger charge is -2.35. The van der Waals surface area contributed by atoms with Gasteiger partial charge in [-0.2, -0.15) is 13.8 Å². The van der Waals surface area contributed by atoms with E-state index < -0.39 is 26.4 Å². The van der Waals surface area contributed by atoms with Crippen molar-refractivity contribution < 1.29 is 26.7 Å². The highest BCUT2D eigenvalue weighted by molar-refractivity contribution is 7.91. The van der Waals surface area contributed by atoms with Gasteiger partial charge in [0.05, 0.1) is 17.6 Å². The Labute approximate surface area is 207 Å². The van der Waals surface area contributed by atoms with Crippen LogP contribution >= 0.6 is 0 Å². The van der Waals surface area contributed by atoms with Gasteiger partial charge in [-0.1, -0.05) is 12.1 Å². The third-order valence-electron chi connectivity index (χ3n) is 5.71. The molecule has 0 radical (unpaired) electrons. The number of nitrogens with one attached hydrogen (secondary N) is 1. The molecule has 1 amide bonds. The van der Waals surface area contributed by atoms with Gasteiger partial charge < -0.3 is 19.9 Å². The number of nitrogens with zero attached hydrogens (tertiary/aromatic N) is 4. The Morgan fingerprint density at radius 3 is 2.33 bits per heavy atom. The normalized spacial score (nSPS) is 14.1. The molecule has 0 unspecified atom stereocenters. The van der Waals surface area contributed by atoms with Crippen LogP contribution in [0.2, 0.25) is 0 Å². The number of sulfone groups is 1. The summed E-state index contributed by atoms with van der Waals surface area (Å²) in [5.41, 5.74) is 1.32. The molecule has 1 aliphatic rings. The number of hydrogen-bond donors (Lipinski definition) is 1. The van der Waals surface area contributed by atoms with Crippen LogP contribution in [0.3, 0.4) is 0 Å². The first-order chi connectivity index (χ1) is 17.2. The molecule has 1 aromatic heterocycles. The first kappa shape index (κ1) is 25.3. The second-order valence-corrected chi connectivity index (χ2v) is 10.0. The van der Waals surface area contributed by atoms with Crippen molar-refractivity contribution in [2.75, 3.05) is 43.5 Å². The summed E-state index contributed by atoms with van der Waals surface area (Å²) in [7, 11) is -3.31. The van der Waals surface area contributed by atoms with Crippen LogP contribution in [0, 0.1) is 6.92 Å². The molecule has 2 heterocycles. The number of anilines is 3. The van der Waals surface area contributed by atoms with Crippen molar-refractivity contribution in [2.45, 2.75) is 17.6 Å². The molecule has 9 nitrogen and oxygen atoms in total. The number of benzene rings is 2. The fraction of sp³-hybridized carbons (Fsp3) is 0.292. The minimum absolute atomic E-state index is 0.250. The Kier molecular flexibility index (Phi) is 7.34. The summed E-state index contributed by atoms with van der Waals surface area (Å²) >= 11 is 0. The van der Waals surface area contributed by atoms with Crippen molar-refractivity contribution in [3.63, 3.8) is 0 Å². The van der Waals surface area contributed by atoms with Gasteiger partial charge in [-0.15, -0.1) is 0 Å². The van der Waals surface area contributed by atoms with Crippen LogP contribution in [0.25, 0.3) is 0 Å². The summed E-state index contributed by atoms with van der Waals surface area (Å²) in [5.74, 6) is -2.39. The van der Waals surface area contributed by atoms with Gasteiger partial charge in [-0.3, -0.25) is 4.79 Å². The molecular formula is C24H25F2N5O4S. The Morgan fingerprint density at radius 2 is 1.69 bits per heavy atom. The largest absolute Gasteiger partial charge is 0.497 e. The van der Waals surface area contributed by atoms with Gasteiger partial charge in [0.25, 0.3) is 5.91 Å². The smallest absolute Gasteiger partial charge is 0.341 e. The number of methoxy groups -OCH3 is 1. The van der Waals surface area contributed by atoms with Crippen LogP contribution in [-0.2, 0) is 9.84 Å². The summed E-state index contributed by atoms with van der Waals surface area (Å²) in [6.07, 6.45) is 0. The highest BCUT2D eigenvalue weighted by Gasteiger charge is 2.33. The van der Waals surface area contributed by atoms with Crippen LogP contribution in [0.15, 0.2) is 59.5 Å². The minimum atomic E-state index is -4.91. The van der Waals surface area contributed by atoms with Gasteiger partial charge in [-0.25, -0.2) is 13.4 Å². The minimum Gasteiger partial charge on any atom is -0.497 e.